The predicted molar refractivity (Wildman–Crippen MR) is 108 cm³/mol. The summed E-state index contributed by atoms with van der Waals surface area (Å²) in [6, 6.07) is 9.30. The van der Waals surface area contributed by atoms with Crippen LogP contribution in [0.1, 0.15) is 48.4 Å². The minimum atomic E-state index is -0.174. The van der Waals surface area contributed by atoms with Crippen molar-refractivity contribution in [2.75, 3.05) is 13.1 Å². The van der Waals surface area contributed by atoms with Gasteiger partial charge in [0.2, 0.25) is 5.91 Å². The van der Waals surface area contributed by atoms with Crippen LogP contribution in [0.5, 0.6) is 5.75 Å². The molecule has 0 radical (unpaired) electrons. The highest BCUT2D eigenvalue weighted by Crippen LogP contribution is 2.24. The van der Waals surface area contributed by atoms with E-state index in [4.69, 9.17) is 4.74 Å². The maximum atomic E-state index is 13.0. The molecule has 6 nitrogen and oxygen atoms in total. The van der Waals surface area contributed by atoms with Gasteiger partial charge in [-0.1, -0.05) is 12.1 Å². The van der Waals surface area contributed by atoms with Gasteiger partial charge in [-0.2, -0.15) is 5.10 Å². The van der Waals surface area contributed by atoms with Gasteiger partial charge in [-0.25, -0.2) is 0 Å². The zero-order valence-electron chi connectivity index (χ0n) is 17.1. The van der Waals surface area contributed by atoms with Crippen LogP contribution in [-0.4, -0.2) is 45.6 Å². The lowest BCUT2D eigenvalue weighted by molar-refractivity contribution is -0.133. The summed E-state index contributed by atoms with van der Waals surface area (Å²) in [5.41, 5.74) is 2.52. The van der Waals surface area contributed by atoms with Crippen LogP contribution in [0.3, 0.4) is 0 Å². The fraction of sp³-hybridized carbons (Fsp3) is 0.500. The second-order valence-corrected chi connectivity index (χ2v) is 7.82. The van der Waals surface area contributed by atoms with E-state index in [1.54, 1.807) is 15.6 Å². The second-order valence-electron chi connectivity index (χ2n) is 7.82. The van der Waals surface area contributed by atoms with Crippen molar-refractivity contribution in [2.24, 2.45) is 5.92 Å². The van der Waals surface area contributed by atoms with Crippen LogP contribution in [0, 0.1) is 19.8 Å². The predicted octanol–water partition coefficient (Wildman–Crippen LogP) is 3.41. The lowest BCUT2D eigenvalue weighted by atomic mass is 9.90. The highest BCUT2D eigenvalue weighted by molar-refractivity contribution is 5.98. The summed E-state index contributed by atoms with van der Waals surface area (Å²) in [6.07, 6.45) is 1.70. The zero-order valence-corrected chi connectivity index (χ0v) is 17.1. The maximum absolute atomic E-state index is 13.0. The van der Waals surface area contributed by atoms with Crippen LogP contribution in [-0.2, 0) is 11.3 Å². The summed E-state index contributed by atoms with van der Waals surface area (Å²) in [7, 11) is 0. The van der Waals surface area contributed by atoms with Crippen LogP contribution in [0.15, 0.2) is 30.3 Å². The SMILES string of the molecule is Cc1cc(C)n(CC(=O)N2CCC[C@@H](C(=O)c3cccc(OC(C)C)c3)C2)n1. The van der Waals surface area contributed by atoms with Gasteiger partial charge in [0, 0.05) is 30.3 Å². The van der Waals surface area contributed by atoms with Gasteiger partial charge in [0.15, 0.2) is 5.78 Å². The first-order chi connectivity index (χ1) is 13.3. The molecule has 1 saturated heterocycles. The smallest absolute Gasteiger partial charge is 0.244 e. The first kappa shape index (κ1) is 20.1. The third kappa shape index (κ3) is 4.80. The molecule has 6 heteroatoms. The third-order valence-corrected chi connectivity index (χ3v) is 5.02. The van der Waals surface area contributed by atoms with Gasteiger partial charge in [0.25, 0.3) is 0 Å². The Morgan fingerprint density at radius 3 is 2.71 bits per heavy atom. The fourth-order valence-electron chi connectivity index (χ4n) is 3.71. The Balaban J connectivity index is 1.66. The first-order valence-electron chi connectivity index (χ1n) is 9.93. The van der Waals surface area contributed by atoms with Gasteiger partial charge in [0.1, 0.15) is 12.3 Å². The van der Waals surface area contributed by atoms with Crippen molar-refractivity contribution in [2.45, 2.75) is 53.2 Å². The van der Waals surface area contributed by atoms with Crippen molar-refractivity contribution in [3.05, 3.63) is 47.3 Å². The van der Waals surface area contributed by atoms with Crippen molar-refractivity contribution in [1.29, 1.82) is 0 Å². The fourth-order valence-corrected chi connectivity index (χ4v) is 3.71. The number of ether oxygens (including phenoxy) is 1. The summed E-state index contributed by atoms with van der Waals surface area (Å²) < 4.78 is 7.44. The van der Waals surface area contributed by atoms with Crippen LogP contribution in [0.2, 0.25) is 0 Å². The van der Waals surface area contributed by atoms with Gasteiger partial charge >= 0.3 is 0 Å². The van der Waals surface area contributed by atoms with Gasteiger partial charge in [0.05, 0.1) is 11.8 Å². The van der Waals surface area contributed by atoms with Crippen LogP contribution in [0.25, 0.3) is 0 Å². The normalized spacial score (nSPS) is 17.0. The Morgan fingerprint density at radius 2 is 2.04 bits per heavy atom. The quantitative estimate of drug-likeness (QED) is 0.717. The van der Waals surface area contributed by atoms with E-state index in [1.165, 1.54) is 0 Å². The first-order valence-corrected chi connectivity index (χ1v) is 9.93. The molecule has 1 fully saturated rings. The lowest BCUT2D eigenvalue weighted by Crippen LogP contribution is -2.43. The van der Waals surface area contributed by atoms with Crippen LogP contribution in [0.4, 0.5) is 0 Å². The van der Waals surface area contributed by atoms with Crippen molar-refractivity contribution in [3.63, 3.8) is 0 Å². The molecule has 28 heavy (non-hydrogen) atoms. The van der Waals surface area contributed by atoms with Crippen molar-refractivity contribution in [1.82, 2.24) is 14.7 Å². The second kappa shape index (κ2) is 8.59. The Morgan fingerprint density at radius 1 is 1.25 bits per heavy atom. The van der Waals surface area contributed by atoms with Crippen molar-refractivity contribution >= 4 is 11.7 Å². The van der Waals surface area contributed by atoms with E-state index < -0.39 is 0 Å². The molecule has 3 rings (SSSR count). The topological polar surface area (TPSA) is 64.4 Å². The number of ketones is 1. The summed E-state index contributed by atoms with van der Waals surface area (Å²) >= 11 is 0. The van der Waals surface area contributed by atoms with Gasteiger partial charge in [-0.15, -0.1) is 0 Å². The Bertz CT molecular complexity index is 856. The number of hydrogen-bond acceptors (Lipinski definition) is 4. The molecule has 1 aliphatic rings. The molecule has 0 aliphatic carbocycles. The highest BCUT2D eigenvalue weighted by Gasteiger charge is 2.29. The van der Waals surface area contributed by atoms with E-state index >= 15 is 0 Å². The molecule has 2 heterocycles. The number of benzene rings is 1. The zero-order chi connectivity index (χ0) is 20.3. The molecule has 0 N–H and O–H groups in total. The van der Waals surface area contributed by atoms with Crippen LogP contribution < -0.4 is 4.74 Å². The number of hydrogen-bond donors (Lipinski definition) is 0. The van der Waals surface area contributed by atoms with Crippen molar-refractivity contribution in [3.8, 4) is 5.75 Å². The van der Waals surface area contributed by atoms with Crippen molar-refractivity contribution < 1.29 is 14.3 Å². The minimum absolute atomic E-state index is 0.0144. The Kier molecular flexibility index (Phi) is 6.17. The van der Waals surface area contributed by atoms with Gasteiger partial charge < -0.3 is 9.64 Å². The van der Waals surface area contributed by atoms with E-state index in [-0.39, 0.29) is 30.3 Å². The Labute approximate surface area is 166 Å². The molecule has 0 saturated carbocycles. The number of rotatable bonds is 6. The maximum Gasteiger partial charge on any atom is 0.244 e. The summed E-state index contributed by atoms with van der Waals surface area (Å²) in [6.45, 7) is 9.16. The summed E-state index contributed by atoms with van der Waals surface area (Å²) in [5, 5.41) is 4.37. The largest absolute Gasteiger partial charge is 0.491 e. The number of carbonyl (C=O) groups excluding carboxylic acids is 2. The average Bonchev–Trinajstić information content (AvgIpc) is 2.97. The van der Waals surface area contributed by atoms with E-state index in [0.717, 1.165) is 24.2 Å². The molecule has 1 atom stereocenters. The molecule has 0 bridgehead atoms. The lowest BCUT2D eigenvalue weighted by Gasteiger charge is -2.32. The highest BCUT2D eigenvalue weighted by atomic mass is 16.5. The number of piperidine rings is 1. The molecule has 0 spiro atoms. The van der Waals surface area contributed by atoms with E-state index in [1.807, 2.05) is 52.0 Å². The summed E-state index contributed by atoms with van der Waals surface area (Å²) in [4.78, 5) is 27.6. The number of aryl methyl sites for hydroxylation is 2. The molecular formula is C22H29N3O3. The molecular weight excluding hydrogens is 354 g/mol. The molecule has 1 aromatic heterocycles. The number of likely N-dealkylation sites (tertiary alicyclic amines) is 1. The summed E-state index contributed by atoms with van der Waals surface area (Å²) in [5.74, 6) is 0.625. The number of amides is 1. The van der Waals surface area contributed by atoms with E-state index in [2.05, 4.69) is 5.10 Å². The third-order valence-electron chi connectivity index (χ3n) is 5.02. The molecule has 1 amide bonds. The number of aromatic nitrogens is 2. The minimum Gasteiger partial charge on any atom is -0.491 e. The number of nitrogens with zero attached hydrogens (tertiary/aromatic N) is 3. The number of carbonyl (C=O) groups is 2. The van der Waals surface area contributed by atoms with Gasteiger partial charge in [-0.3, -0.25) is 14.3 Å². The van der Waals surface area contributed by atoms with Crippen LogP contribution >= 0.6 is 0 Å². The van der Waals surface area contributed by atoms with E-state index in [0.29, 0.717) is 24.4 Å². The monoisotopic (exact) mass is 383 g/mol. The molecule has 2 aromatic rings. The Hall–Kier alpha value is -2.63. The standard InChI is InChI=1S/C22H29N3O3/c1-15(2)28-20-9-5-7-18(12-20)22(27)19-8-6-10-24(13-19)21(26)14-25-17(4)11-16(3)23-25/h5,7,9,11-12,15,19H,6,8,10,13-14H2,1-4H3/t19-/m1/s1. The number of Topliss-reactive ketones (excluding diaryl/α,β-unsaturated/α-hetero) is 1. The molecule has 1 aliphatic heterocycles. The van der Waals surface area contributed by atoms with E-state index in [9.17, 15) is 9.59 Å². The average molecular weight is 383 g/mol. The van der Waals surface area contributed by atoms with Gasteiger partial charge in [-0.05, 0) is 58.7 Å². The molecule has 1 aromatic carbocycles. The molecule has 0 unspecified atom stereocenters. The molecule has 150 valence electrons.